The summed E-state index contributed by atoms with van der Waals surface area (Å²) in [5.74, 6) is 0. The van der Waals surface area contributed by atoms with Crippen LogP contribution in [-0.4, -0.2) is 27.3 Å². The molecule has 9 heavy (non-hydrogen) atoms. The van der Waals surface area contributed by atoms with Crippen LogP contribution in [0.15, 0.2) is 0 Å². The molecule has 0 aliphatic carbocycles. The molecule has 0 spiro atoms. The first kappa shape index (κ1) is 8.87. The molecule has 0 fully saturated rings. The van der Waals surface area contributed by atoms with E-state index in [4.69, 9.17) is 5.73 Å². The molecule has 0 saturated carbocycles. The van der Waals surface area contributed by atoms with Crippen molar-refractivity contribution < 1.29 is 12.6 Å². The largest absolute Gasteiger partial charge is 0.326 e. The average Bonchev–Trinajstić information content (AvgIpc) is 1.59. The third kappa shape index (κ3) is 7.87. The summed E-state index contributed by atoms with van der Waals surface area (Å²) in [5.41, 5.74) is 5.21. The maximum atomic E-state index is 10.3. The quantitative estimate of drug-likeness (QED) is 0.545. The fraction of sp³-hybridized carbons (Fsp3) is 1.00. The maximum absolute atomic E-state index is 10.3. The molecule has 5 heteroatoms. The highest BCUT2D eigenvalue weighted by Crippen LogP contribution is 1.86. The predicted molar refractivity (Wildman–Crippen MR) is 34.4 cm³/mol. The summed E-state index contributed by atoms with van der Waals surface area (Å²) in [6.07, 6.45) is 0.995. The van der Waals surface area contributed by atoms with Crippen LogP contribution < -0.4 is 5.73 Å². The minimum absolute atomic E-state index is 0.0544. The van der Waals surface area contributed by atoms with Gasteiger partial charge in [-0.2, -0.15) is 8.42 Å². The van der Waals surface area contributed by atoms with Crippen LogP contribution in [0.25, 0.3) is 0 Å². The first-order valence-electron chi connectivity index (χ1n) is 2.52. The van der Waals surface area contributed by atoms with Crippen LogP contribution in [0.3, 0.4) is 0 Å². The lowest BCUT2D eigenvalue weighted by Crippen LogP contribution is -2.23. The number of hydrogen-bond acceptors (Lipinski definition) is 4. The SMILES string of the molecule is C[C@H](N)COS(C)(=O)=O. The van der Waals surface area contributed by atoms with E-state index in [1.807, 2.05) is 0 Å². The van der Waals surface area contributed by atoms with Crippen LogP contribution in [0.4, 0.5) is 0 Å². The van der Waals surface area contributed by atoms with Gasteiger partial charge in [-0.15, -0.1) is 0 Å². The molecule has 0 rings (SSSR count). The van der Waals surface area contributed by atoms with Gasteiger partial charge < -0.3 is 5.73 Å². The van der Waals surface area contributed by atoms with E-state index in [2.05, 4.69) is 4.18 Å². The van der Waals surface area contributed by atoms with Gasteiger partial charge in [0.1, 0.15) is 0 Å². The maximum Gasteiger partial charge on any atom is 0.264 e. The molecule has 0 amide bonds. The summed E-state index contributed by atoms with van der Waals surface area (Å²) >= 11 is 0. The van der Waals surface area contributed by atoms with Crippen LogP contribution in [-0.2, 0) is 14.3 Å². The Bertz CT molecular complexity index is 161. The van der Waals surface area contributed by atoms with Crippen LogP contribution >= 0.6 is 0 Å². The van der Waals surface area contributed by atoms with Gasteiger partial charge in [-0.05, 0) is 6.92 Å². The number of hydrogen-bond donors (Lipinski definition) is 1. The van der Waals surface area contributed by atoms with Gasteiger partial charge in [0.05, 0.1) is 12.9 Å². The molecule has 0 unspecified atom stereocenters. The highest BCUT2D eigenvalue weighted by Gasteiger charge is 2.02. The predicted octanol–water partition coefficient (Wildman–Crippen LogP) is -0.690. The average molecular weight is 153 g/mol. The van der Waals surface area contributed by atoms with Crippen molar-refractivity contribution >= 4 is 10.1 Å². The first-order valence-corrected chi connectivity index (χ1v) is 4.33. The summed E-state index contributed by atoms with van der Waals surface area (Å²) in [7, 11) is -3.30. The normalized spacial score (nSPS) is 15.4. The Labute approximate surface area is 55.1 Å². The molecule has 0 aromatic rings. The summed E-state index contributed by atoms with van der Waals surface area (Å²) in [4.78, 5) is 0. The van der Waals surface area contributed by atoms with Gasteiger partial charge in [0.15, 0.2) is 0 Å². The Morgan fingerprint density at radius 3 is 2.22 bits per heavy atom. The molecule has 0 aliphatic rings. The minimum Gasteiger partial charge on any atom is -0.326 e. The van der Waals surface area contributed by atoms with E-state index >= 15 is 0 Å². The van der Waals surface area contributed by atoms with Crippen molar-refractivity contribution in [3.05, 3.63) is 0 Å². The van der Waals surface area contributed by atoms with E-state index in [0.29, 0.717) is 0 Å². The molecule has 0 saturated heterocycles. The van der Waals surface area contributed by atoms with Gasteiger partial charge in [-0.25, -0.2) is 0 Å². The van der Waals surface area contributed by atoms with Gasteiger partial charge in [-0.1, -0.05) is 0 Å². The third-order valence-corrected chi connectivity index (χ3v) is 1.11. The topological polar surface area (TPSA) is 69.4 Å². The van der Waals surface area contributed by atoms with E-state index in [0.717, 1.165) is 6.26 Å². The van der Waals surface area contributed by atoms with Gasteiger partial charge in [0.2, 0.25) is 0 Å². The van der Waals surface area contributed by atoms with E-state index in [1.165, 1.54) is 0 Å². The van der Waals surface area contributed by atoms with Crippen molar-refractivity contribution in [1.29, 1.82) is 0 Å². The molecule has 1 atom stereocenters. The fourth-order valence-corrected chi connectivity index (χ4v) is 0.693. The molecule has 56 valence electrons. The number of nitrogens with two attached hydrogens (primary N) is 1. The molecule has 0 heterocycles. The summed E-state index contributed by atoms with van der Waals surface area (Å²) < 4.78 is 24.9. The Kier molecular flexibility index (Phi) is 3.10. The molecular formula is C4H11NO3S. The fourth-order valence-electron chi connectivity index (χ4n) is 0.231. The molecule has 0 aliphatic heterocycles. The monoisotopic (exact) mass is 153 g/mol. The van der Waals surface area contributed by atoms with Gasteiger partial charge in [-0.3, -0.25) is 4.18 Å². The lowest BCUT2D eigenvalue weighted by atomic mass is 10.4. The zero-order chi connectivity index (χ0) is 7.49. The van der Waals surface area contributed by atoms with Crippen molar-refractivity contribution in [2.24, 2.45) is 5.73 Å². The molecule has 0 bridgehead atoms. The molecule has 2 N–H and O–H groups in total. The Balaban J connectivity index is 3.53. The summed E-state index contributed by atoms with van der Waals surface area (Å²) in [6, 6.07) is -0.236. The van der Waals surface area contributed by atoms with Crippen molar-refractivity contribution in [2.75, 3.05) is 12.9 Å². The Morgan fingerprint density at radius 2 is 2.11 bits per heavy atom. The second-order valence-electron chi connectivity index (χ2n) is 1.97. The molecular weight excluding hydrogens is 142 g/mol. The van der Waals surface area contributed by atoms with Gasteiger partial charge in [0, 0.05) is 6.04 Å². The van der Waals surface area contributed by atoms with Crippen molar-refractivity contribution in [1.82, 2.24) is 0 Å². The second kappa shape index (κ2) is 3.14. The molecule has 0 aromatic carbocycles. The van der Waals surface area contributed by atoms with Crippen molar-refractivity contribution in [2.45, 2.75) is 13.0 Å². The van der Waals surface area contributed by atoms with E-state index < -0.39 is 10.1 Å². The molecule has 4 nitrogen and oxygen atoms in total. The van der Waals surface area contributed by atoms with E-state index in [9.17, 15) is 8.42 Å². The summed E-state index contributed by atoms with van der Waals surface area (Å²) in [6.45, 7) is 1.73. The molecule has 0 aromatic heterocycles. The first-order chi connectivity index (χ1) is 3.92. The lowest BCUT2D eigenvalue weighted by molar-refractivity contribution is 0.302. The highest BCUT2D eigenvalue weighted by atomic mass is 32.2. The standard InChI is InChI=1S/C4H11NO3S/c1-4(5)3-8-9(2,6)7/h4H,3,5H2,1-2H3/t4-/m0/s1. The van der Waals surface area contributed by atoms with Crippen molar-refractivity contribution in [3.63, 3.8) is 0 Å². The molecule has 0 radical (unpaired) electrons. The van der Waals surface area contributed by atoms with E-state index in [-0.39, 0.29) is 12.6 Å². The van der Waals surface area contributed by atoms with Crippen LogP contribution in [0.5, 0.6) is 0 Å². The highest BCUT2D eigenvalue weighted by molar-refractivity contribution is 7.85. The number of rotatable bonds is 3. The second-order valence-corrected chi connectivity index (χ2v) is 3.61. The van der Waals surface area contributed by atoms with E-state index in [1.54, 1.807) is 6.92 Å². The smallest absolute Gasteiger partial charge is 0.264 e. The zero-order valence-electron chi connectivity index (χ0n) is 5.49. The van der Waals surface area contributed by atoms with Crippen LogP contribution in [0, 0.1) is 0 Å². The van der Waals surface area contributed by atoms with Gasteiger partial charge in [0.25, 0.3) is 10.1 Å². The Hall–Kier alpha value is -0.130. The third-order valence-electron chi connectivity index (χ3n) is 0.545. The lowest BCUT2D eigenvalue weighted by Gasteiger charge is -2.02. The van der Waals surface area contributed by atoms with Gasteiger partial charge >= 0.3 is 0 Å². The van der Waals surface area contributed by atoms with Crippen molar-refractivity contribution in [3.8, 4) is 0 Å². The van der Waals surface area contributed by atoms with Crippen LogP contribution in [0.1, 0.15) is 6.92 Å². The zero-order valence-corrected chi connectivity index (χ0v) is 6.31. The summed E-state index contributed by atoms with van der Waals surface area (Å²) in [5, 5.41) is 0. The minimum atomic E-state index is -3.30. The Morgan fingerprint density at radius 1 is 1.67 bits per heavy atom. The van der Waals surface area contributed by atoms with Crippen LogP contribution in [0.2, 0.25) is 0 Å².